The van der Waals surface area contributed by atoms with Crippen molar-refractivity contribution in [3.8, 4) is 0 Å². The summed E-state index contributed by atoms with van der Waals surface area (Å²) in [6, 6.07) is 15.4. The van der Waals surface area contributed by atoms with Gasteiger partial charge in [0.15, 0.2) is 0 Å². The van der Waals surface area contributed by atoms with Crippen molar-refractivity contribution in [2.24, 2.45) is 0 Å². The van der Waals surface area contributed by atoms with Gasteiger partial charge in [-0.05, 0) is 43.5 Å². The largest absolute Gasteiger partial charge is 0.378 e. The Bertz CT molecular complexity index is 548. The molecule has 0 aliphatic heterocycles. The molecule has 0 aliphatic rings. The highest BCUT2D eigenvalue weighted by atomic mass is 19.1. The molecule has 1 atom stereocenters. The molecular weight excluding hydrogens is 261 g/mol. The minimum absolute atomic E-state index is 0.0443. The van der Waals surface area contributed by atoms with Crippen molar-refractivity contribution in [1.82, 2.24) is 0 Å². The summed E-state index contributed by atoms with van der Waals surface area (Å²) in [7, 11) is 0. The number of hydrogen-bond donors (Lipinski definition) is 1. The highest BCUT2D eigenvalue weighted by molar-refractivity contribution is 5.46. The second-order valence-corrected chi connectivity index (χ2v) is 5.54. The van der Waals surface area contributed by atoms with Crippen molar-refractivity contribution >= 4 is 5.69 Å². The van der Waals surface area contributed by atoms with E-state index in [0.717, 1.165) is 12.1 Å². The second kappa shape index (κ2) is 7.82. The maximum Gasteiger partial charge on any atom is 0.128 e. The summed E-state index contributed by atoms with van der Waals surface area (Å²) in [4.78, 5) is 0. The Kier molecular flexibility index (Phi) is 5.79. The fraction of sp³-hybridized carbons (Fsp3) is 0.368. The zero-order valence-electron chi connectivity index (χ0n) is 12.9. The first-order chi connectivity index (χ1) is 10.2. The van der Waals surface area contributed by atoms with Crippen LogP contribution in [0.25, 0.3) is 0 Å². The van der Waals surface area contributed by atoms with Crippen molar-refractivity contribution in [2.75, 3.05) is 5.32 Å². The Morgan fingerprint density at radius 3 is 2.38 bits per heavy atom. The van der Waals surface area contributed by atoms with Crippen LogP contribution in [-0.2, 0) is 6.42 Å². The maximum atomic E-state index is 13.7. The van der Waals surface area contributed by atoms with Gasteiger partial charge in [-0.2, -0.15) is 0 Å². The van der Waals surface area contributed by atoms with Crippen LogP contribution in [0.3, 0.4) is 0 Å². The van der Waals surface area contributed by atoms with Gasteiger partial charge in [-0.25, -0.2) is 4.39 Å². The Labute approximate surface area is 127 Å². The number of aryl methyl sites for hydroxylation is 1. The third-order valence-corrected chi connectivity index (χ3v) is 3.78. The number of benzene rings is 2. The van der Waals surface area contributed by atoms with Gasteiger partial charge >= 0.3 is 0 Å². The van der Waals surface area contributed by atoms with Gasteiger partial charge in [0.25, 0.3) is 0 Å². The molecular formula is C19H24FN. The van der Waals surface area contributed by atoms with Crippen LogP contribution in [0.1, 0.15) is 50.3 Å². The smallest absolute Gasteiger partial charge is 0.128 e. The minimum Gasteiger partial charge on any atom is -0.378 e. The fourth-order valence-corrected chi connectivity index (χ4v) is 2.50. The molecule has 0 aromatic heterocycles. The number of nitrogens with one attached hydrogen (secondary N) is 1. The molecule has 0 saturated carbocycles. The molecule has 2 rings (SSSR count). The third kappa shape index (κ3) is 4.59. The lowest BCUT2D eigenvalue weighted by Gasteiger charge is -2.16. The van der Waals surface area contributed by atoms with E-state index >= 15 is 0 Å². The van der Waals surface area contributed by atoms with Crippen LogP contribution in [0.4, 0.5) is 10.1 Å². The standard InChI is InChI=1S/C19H24FN/c1-3-4-5-8-16-11-13-17(14-12-16)21-15(2)18-9-6-7-10-19(18)20/h6-7,9-15,21H,3-5,8H2,1-2H3. The van der Waals surface area contributed by atoms with E-state index in [1.165, 1.54) is 30.9 Å². The van der Waals surface area contributed by atoms with Crippen molar-refractivity contribution in [2.45, 2.75) is 45.6 Å². The van der Waals surface area contributed by atoms with E-state index in [0.29, 0.717) is 5.56 Å². The van der Waals surface area contributed by atoms with Crippen LogP contribution < -0.4 is 5.32 Å². The van der Waals surface area contributed by atoms with Gasteiger partial charge in [0.05, 0.1) is 6.04 Å². The SMILES string of the molecule is CCCCCc1ccc(NC(C)c2ccccc2F)cc1. The molecule has 0 bridgehead atoms. The molecule has 0 heterocycles. The normalized spacial score (nSPS) is 12.1. The Hall–Kier alpha value is -1.83. The molecule has 21 heavy (non-hydrogen) atoms. The first kappa shape index (κ1) is 15.6. The van der Waals surface area contributed by atoms with Gasteiger partial charge in [-0.3, -0.25) is 0 Å². The molecule has 0 spiro atoms. The molecule has 0 saturated heterocycles. The quantitative estimate of drug-likeness (QED) is 0.640. The van der Waals surface area contributed by atoms with Crippen LogP contribution in [0.2, 0.25) is 0 Å². The van der Waals surface area contributed by atoms with E-state index in [2.05, 4.69) is 36.5 Å². The monoisotopic (exact) mass is 285 g/mol. The van der Waals surface area contributed by atoms with Crippen LogP contribution >= 0.6 is 0 Å². The Balaban J connectivity index is 1.95. The van der Waals surface area contributed by atoms with E-state index in [9.17, 15) is 4.39 Å². The van der Waals surface area contributed by atoms with Crippen LogP contribution in [0.15, 0.2) is 48.5 Å². The predicted octanol–water partition coefficient (Wildman–Crippen LogP) is 5.73. The molecule has 2 aromatic carbocycles. The molecule has 112 valence electrons. The zero-order valence-corrected chi connectivity index (χ0v) is 12.9. The first-order valence-electron chi connectivity index (χ1n) is 7.80. The number of halogens is 1. The predicted molar refractivity (Wildman–Crippen MR) is 88.1 cm³/mol. The van der Waals surface area contributed by atoms with E-state index in [4.69, 9.17) is 0 Å². The van der Waals surface area contributed by atoms with Crippen LogP contribution in [0, 0.1) is 5.82 Å². The molecule has 2 heteroatoms. The number of hydrogen-bond acceptors (Lipinski definition) is 1. The molecule has 0 fully saturated rings. The van der Waals surface area contributed by atoms with E-state index in [1.54, 1.807) is 6.07 Å². The molecule has 1 unspecified atom stereocenters. The van der Waals surface area contributed by atoms with Gasteiger partial charge in [0.2, 0.25) is 0 Å². The van der Waals surface area contributed by atoms with Gasteiger partial charge in [0, 0.05) is 11.3 Å². The summed E-state index contributed by atoms with van der Waals surface area (Å²) < 4.78 is 13.7. The van der Waals surface area contributed by atoms with Crippen LogP contribution in [0.5, 0.6) is 0 Å². The molecule has 0 radical (unpaired) electrons. The highest BCUT2D eigenvalue weighted by Gasteiger charge is 2.09. The fourth-order valence-electron chi connectivity index (χ4n) is 2.50. The summed E-state index contributed by atoms with van der Waals surface area (Å²) in [5.74, 6) is -0.159. The summed E-state index contributed by atoms with van der Waals surface area (Å²) in [6.45, 7) is 4.20. The van der Waals surface area contributed by atoms with E-state index < -0.39 is 0 Å². The number of rotatable bonds is 7. The van der Waals surface area contributed by atoms with Crippen molar-refractivity contribution in [1.29, 1.82) is 0 Å². The summed E-state index contributed by atoms with van der Waals surface area (Å²) in [5.41, 5.74) is 3.10. The lowest BCUT2D eigenvalue weighted by atomic mass is 10.1. The average Bonchev–Trinajstić information content (AvgIpc) is 2.49. The Morgan fingerprint density at radius 2 is 1.71 bits per heavy atom. The van der Waals surface area contributed by atoms with Crippen LogP contribution in [-0.4, -0.2) is 0 Å². The van der Waals surface area contributed by atoms with Crippen molar-refractivity contribution < 1.29 is 4.39 Å². The molecule has 1 N–H and O–H groups in total. The van der Waals surface area contributed by atoms with Gasteiger partial charge in [-0.15, -0.1) is 0 Å². The lowest BCUT2D eigenvalue weighted by Crippen LogP contribution is -2.08. The van der Waals surface area contributed by atoms with Gasteiger partial charge < -0.3 is 5.32 Å². The van der Waals surface area contributed by atoms with Gasteiger partial charge in [-0.1, -0.05) is 50.1 Å². The lowest BCUT2D eigenvalue weighted by molar-refractivity contribution is 0.600. The van der Waals surface area contributed by atoms with E-state index in [1.807, 2.05) is 19.1 Å². The second-order valence-electron chi connectivity index (χ2n) is 5.54. The van der Waals surface area contributed by atoms with Crippen molar-refractivity contribution in [3.63, 3.8) is 0 Å². The maximum absolute atomic E-state index is 13.7. The first-order valence-corrected chi connectivity index (χ1v) is 7.80. The number of unbranched alkanes of at least 4 members (excludes halogenated alkanes) is 2. The Morgan fingerprint density at radius 1 is 1.00 bits per heavy atom. The van der Waals surface area contributed by atoms with Crippen molar-refractivity contribution in [3.05, 3.63) is 65.5 Å². The number of anilines is 1. The average molecular weight is 285 g/mol. The summed E-state index contributed by atoms with van der Waals surface area (Å²) in [6.07, 6.45) is 4.91. The third-order valence-electron chi connectivity index (χ3n) is 3.78. The van der Waals surface area contributed by atoms with Gasteiger partial charge in [0.1, 0.15) is 5.82 Å². The summed E-state index contributed by atoms with van der Waals surface area (Å²) >= 11 is 0. The summed E-state index contributed by atoms with van der Waals surface area (Å²) in [5, 5.41) is 3.35. The topological polar surface area (TPSA) is 12.0 Å². The molecule has 0 aliphatic carbocycles. The molecule has 2 aromatic rings. The zero-order chi connectivity index (χ0) is 15.1. The molecule has 1 nitrogen and oxygen atoms in total. The van der Waals surface area contributed by atoms with E-state index in [-0.39, 0.29) is 11.9 Å². The minimum atomic E-state index is -0.159. The molecule has 0 amide bonds. The highest BCUT2D eigenvalue weighted by Crippen LogP contribution is 2.22.